The Morgan fingerprint density at radius 2 is 1.73 bits per heavy atom. The highest BCUT2D eigenvalue weighted by Gasteiger charge is 2.22. The molecule has 0 bridgehead atoms. The predicted molar refractivity (Wildman–Crippen MR) is 137 cm³/mol. The molecule has 6 nitrogen and oxygen atoms in total. The number of rotatable bonds is 10. The van der Waals surface area contributed by atoms with Crippen molar-refractivity contribution in [2.45, 2.75) is 45.1 Å². The molecule has 2 aromatic carbocycles. The van der Waals surface area contributed by atoms with Crippen molar-refractivity contribution in [1.29, 1.82) is 0 Å². The molecule has 0 radical (unpaired) electrons. The number of nitrogens with one attached hydrogen (secondary N) is 2. The summed E-state index contributed by atoms with van der Waals surface area (Å²) in [6, 6.07) is 17.1. The van der Waals surface area contributed by atoms with Crippen LogP contribution in [-0.2, 0) is 6.42 Å². The summed E-state index contributed by atoms with van der Waals surface area (Å²) in [5, 5.41) is 8.37. The molecule has 0 aliphatic heterocycles. The second kappa shape index (κ2) is 11.3. The van der Waals surface area contributed by atoms with Crippen molar-refractivity contribution in [3.63, 3.8) is 0 Å². The minimum Gasteiger partial charge on any atom is -0.494 e. The average molecular weight is 448 g/mol. The van der Waals surface area contributed by atoms with Crippen LogP contribution >= 0.6 is 0 Å². The summed E-state index contributed by atoms with van der Waals surface area (Å²) < 4.78 is 5.52. The molecular weight excluding hydrogens is 410 g/mol. The fourth-order valence-electron chi connectivity index (χ4n) is 4.62. The average Bonchev–Trinajstić information content (AvgIpc) is 2.83. The maximum Gasteiger partial charge on any atom is 0.225 e. The number of ether oxygens (including phenoxy) is 1. The molecule has 1 aliphatic rings. The molecule has 2 N–H and O–H groups in total. The van der Waals surface area contributed by atoms with E-state index in [2.05, 4.69) is 51.9 Å². The molecule has 0 saturated heterocycles. The second-order valence-electron chi connectivity index (χ2n) is 9.18. The van der Waals surface area contributed by atoms with E-state index in [1.165, 1.54) is 31.2 Å². The zero-order valence-corrected chi connectivity index (χ0v) is 20.2. The number of para-hydroxylation sites is 1. The van der Waals surface area contributed by atoms with Crippen molar-refractivity contribution in [3.05, 3.63) is 54.1 Å². The van der Waals surface area contributed by atoms with Gasteiger partial charge in [-0.3, -0.25) is 0 Å². The van der Waals surface area contributed by atoms with E-state index in [0.717, 1.165) is 53.8 Å². The SMILES string of the molecule is CCOc1ccc(CCNCC2CCC(Nc3nc(N(C)C)c4ccccc4n3)CC2)cc1. The minimum absolute atomic E-state index is 0.446. The van der Waals surface area contributed by atoms with Gasteiger partial charge in [0.1, 0.15) is 11.6 Å². The molecule has 1 aliphatic carbocycles. The molecule has 0 atom stereocenters. The van der Waals surface area contributed by atoms with Gasteiger partial charge in [-0.2, -0.15) is 4.98 Å². The lowest BCUT2D eigenvalue weighted by Gasteiger charge is -2.29. The lowest BCUT2D eigenvalue weighted by Crippen LogP contribution is -2.32. The monoisotopic (exact) mass is 447 g/mol. The number of benzene rings is 2. The molecule has 1 heterocycles. The molecule has 3 aromatic rings. The van der Waals surface area contributed by atoms with Crippen LogP contribution in [0.5, 0.6) is 5.75 Å². The van der Waals surface area contributed by atoms with Crippen LogP contribution in [0, 0.1) is 5.92 Å². The van der Waals surface area contributed by atoms with Crippen LogP contribution in [0.2, 0.25) is 0 Å². The molecule has 1 saturated carbocycles. The van der Waals surface area contributed by atoms with Crippen LogP contribution in [0.1, 0.15) is 38.2 Å². The zero-order valence-electron chi connectivity index (χ0n) is 20.2. The Labute approximate surface area is 197 Å². The van der Waals surface area contributed by atoms with E-state index >= 15 is 0 Å². The van der Waals surface area contributed by atoms with Crippen LogP contribution in [-0.4, -0.2) is 49.8 Å². The van der Waals surface area contributed by atoms with Gasteiger partial charge >= 0.3 is 0 Å². The Morgan fingerprint density at radius 3 is 2.45 bits per heavy atom. The maximum atomic E-state index is 5.52. The second-order valence-corrected chi connectivity index (χ2v) is 9.18. The quantitative estimate of drug-likeness (QED) is 0.431. The topological polar surface area (TPSA) is 62.3 Å². The third-order valence-corrected chi connectivity index (χ3v) is 6.44. The summed E-state index contributed by atoms with van der Waals surface area (Å²) in [4.78, 5) is 11.6. The van der Waals surface area contributed by atoms with E-state index in [0.29, 0.717) is 12.6 Å². The van der Waals surface area contributed by atoms with Gasteiger partial charge in [-0.05, 0) is 87.9 Å². The van der Waals surface area contributed by atoms with Crippen LogP contribution in [0.25, 0.3) is 10.9 Å². The molecule has 0 spiro atoms. The number of aromatic nitrogens is 2. The summed E-state index contributed by atoms with van der Waals surface area (Å²) in [5.74, 6) is 3.41. The van der Waals surface area contributed by atoms with Crippen LogP contribution in [0.3, 0.4) is 0 Å². The molecule has 0 amide bonds. The van der Waals surface area contributed by atoms with Crippen molar-refractivity contribution in [1.82, 2.24) is 15.3 Å². The predicted octanol–water partition coefficient (Wildman–Crippen LogP) is 4.90. The van der Waals surface area contributed by atoms with E-state index in [-0.39, 0.29) is 0 Å². The molecular formula is C27H37N5O. The Bertz CT molecular complexity index is 1010. The highest BCUT2D eigenvalue weighted by Crippen LogP contribution is 2.28. The van der Waals surface area contributed by atoms with E-state index in [1.54, 1.807) is 0 Å². The van der Waals surface area contributed by atoms with Gasteiger partial charge in [0, 0.05) is 25.5 Å². The molecule has 4 rings (SSSR count). The van der Waals surface area contributed by atoms with Gasteiger partial charge in [0.2, 0.25) is 5.95 Å². The first-order chi connectivity index (χ1) is 16.1. The largest absolute Gasteiger partial charge is 0.494 e. The number of anilines is 2. The third kappa shape index (κ3) is 6.35. The third-order valence-electron chi connectivity index (χ3n) is 6.44. The molecule has 0 unspecified atom stereocenters. The van der Waals surface area contributed by atoms with E-state index in [9.17, 15) is 0 Å². The van der Waals surface area contributed by atoms with Crippen molar-refractivity contribution in [3.8, 4) is 5.75 Å². The lowest BCUT2D eigenvalue weighted by molar-refractivity contribution is 0.325. The van der Waals surface area contributed by atoms with Gasteiger partial charge < -0.3 is 20.3 Å². The first-order valence-electron chi connectivity index (χ1n) is 12.3. The fourth-order valence-corrected chi connectivity index (χ4v) is 4.62. The highest BCUT2D eigenvalue weighted by molar-refractivity contribution is 5.90. The van der Waals surface area contributed by atoms with Crippen molar-refractivity contribution in [2.75, 3.05) is 44.0 Å². The first-order valence-corrected chi connectivity index (χ1v) is 12.3. The van der Waals surface area contributed by atoms with Gasteiger partial charge in [0.25, 0.3) is 0 Å². The smallest absolute Gasteiger partial charge is 0.225 e. The van der Waals surface area contributed by atoms with Gasteiger partial charge in [-0.25, -0.2) is 4.98 Å². The Balaban J connectivity index is 1.21. The number of nitrogens with zero attached hydrogens (tertiary/aromatic N) is 3. The number of hydrogen-bond acceptors (Lipinski definition) is 6. The molecule has 6 heteroatoms. The minimum atomic E-state index is 0.446. The van der Waals surface area contributed by atoms with Gasteiger partial charge in [0.15, 0.2) is 0 Å². The fraction of sp³-hybridized carbons (Fsp3) is 0.481. The standard InChI is InChI=1S/C27H37N5O/c1-4-33-23-15-11-20(12-16-23)17-18-28-19-21-9-13-22(14-10-21)29-27-30-25-8-6-5-7-24(25)26(31-27)32(2)3/h5-8,11-12,15-16,21-22,28H,4,9-10,13-14,17-19H2,1-3H3,(H,29,30,31). The summed E-state index contributed by atoms with van der Waals surface area (Å²) in [7, 11) is 4.07. The van der Waals surface area contributed by atoms with Gasteiger partial charge in [-0.1, -0.05) is 24.3 Å². The molecule has 176 valence electrons. The zero-order chi connectivity index (χ0) is 23.0. The number of hydrogen-bond donors (Lipinski definition) is 2. The summed E-state index contributed by atoms with van der Waals surface area (Å²) >= 11 is 0. The van der Waals surface area contributed by atoms with Gasteiger partial charge in [0.05, 0.1) is 12.1 Å². The van der Waals surface area contributed by atoms with E-state index in [4.69, 9.17) is 14.7 Å². The Morgan fingerprint density at radius 1 is 0.970 bits per heavy atom. The van der Waals surface area contributed by atoms with Gasteiger partial charge in [-0.15, -0.1) is 0 Å². The lowest BCUT2D eigenvalue weighted by atomic mass is 9.86. The van der Waals surface area contributed by atoms with Crippen LogP contribution < -0.4 is 20.3 Å². The van der Waals surface area contributed by atoms with Crippen molar-refractivity contribution in [2.24, 2.45) is 5.92 Å². The van der Waals surface area contributed by atoms with Crippen LogP contribution in [0.15, 0.2) is 48.5 Å². The van der Waals surface area contributed by atoms with E-state index in [1.807, 2.05) is 33.2 Å². The molecule has 33 heavy (non-hydrogen) atoms. The van der Waals surface area contributed by atoms with Crippen molar-refractivity contribution < 1.29 is 4.74 Å². The Kier molecular flexibility index (Phi) is 8.00. The van der Waals surface area contributed by atoms with Crippen LogP contribution in [0.4, 0.5) is 11.8 Å². The molecule has 1 aromatic heterocycles. The summed E-state index contributed by atoms with van der Waals surface area (Å²) in [5.41, 5.74) is 2.34. The maximum absolute atomic E-state index is 5.52. The summed E-state index contributed by atoms with van der Waals surface area (Å²) in [6.07, 6.45) is 5.86. The summed E-state index contributed by atoms with van der Waals surface area (Å²) in [6.45, 7) is 4.84. The van der Waals surface area contributed by atoms with Crippen molar-refractivity contribution >= 4 is 22.7 Å². The molecule has 1 fully saturated rings. The Hall–Kier alpha value is -2.86. The normalized spacial score (nSPS) is 18.3. The number of fused-ring (bicyclic) bond motifs is 1. The van der Waals surface area contributed by atoms with E-state index < -0.39 is 0 Å². The highest BCUT2D eigenvalue weighted by atomic mass is 16.5. The first kappa shape index (κ1) is 23.3.